The van der Waals surface area contributed by atoms with Crippen LogP contribution in [0.25, 0.3) is 11.1 Å². The molecule has 27 heavy (non-hydrogen) atoms. The lowest BCUT2D eigenvalue weighted by molar-refractivity contribution is -0.144. The van der Waals surface area contributed by atoms with Gasteiger partial charge in [-0.2, -0.15) is 0 Å². The summed E-state index contributed by atoms with van der Waals surface area (Å²) in [5, 5.41) is 0. The van der Waals surface area contributed by atoms with Crippen LogP contribution in [0, 0.1) is 0 Å². The Kier molecular flexibility index (Phi) is 6.01. The number of fused-ring (bicyclic) bond motifs is 1. The van der Waals surface area contributed by atoms with Crippen LogP contribution in [0.2, 0.25) is 0 Å². The van der Waals surface area contributed by atoms with Gasteiger partial charge in [0.2, 0.25) is 10.0 Å². The van der Waals surface area contributed by atoms with Crippen LogP contribution in [0.3, 0.4) is 0 Å². The Bertz CT molecular complexity index is 969. The van der Waals surface area contributed by atoms with Crippen LogP contribution in [0.4, 0.5) is 0 Å². The smallest absolute Gasteiger partial charge is 0.420 e. The number of carbonyl (C=O) groups is 1. The fourth-order valence-electron chi connectivity index (χ4n) is 3.26. The molecule has 0 bridgehead atoms. The van der Waals surface area contributed by atoms with Crippen LogP contribution >= 0.6 is 0 Å². The van der Waals surface area contributed by atoms with Gasteiger partial charge >= 0.3 is 11.7 Å². The normalized spacial score (nSPS) is 15.9. The first-order chi connectivity index (χ1) is 12.9. The van der Waals surface area contributed by atoms with E-state index in [-0.39, 0.29) is 29.7 Å². The molecular weight excluding hydrogens is 372 g/mol. The number of sulfonamides is 1. The van der Waals surface area contributed by atoms with E-state index in [4.69, 9.17) is 9.15 Å². The lowest BCUT2D eigenvalue weighted by Gasteiger charge is -2.22. The Hall–Kier alpha value is -2.13. The van der Waals surface area contributed by atoms with Gasteiger partial charge in [-0.15, -0.1) is 0 Å². The number of nitrogens with zero attached hydrogens (tertiary/aromatic N) is 1. The monoisotopic (exact) mass is 396 g/mol. The summed E-state index contributed by atoms with van der Waals surface area (Å²) in [6.07, 6.45) is 5.49. The molecule has 2 aromatic rings. The molecule has 1 saturated carbocycles. The van der Waals surface area contributed by atoms with Crippen LogP contribution < -0.4 is 10.5 Å². The summed E-state index contributed by atoms with van der Waals surface area (Å²) in [5.41, 5.74) is 0.472. The first-order valence-electron chi connectivity index (χ1n) is 9.22. The molecular formula is C18H24N2O6S. The van der Waals surface area contributed by atoms with Crippen molar-refractivity contribution in [1.82, 2.24) is 9.29 Å². The van der Waals surface area contributed by atoms with Crippen molar-refractivity contribution >= 4 is 27.1 Å². The van der Waals surface area contributed by atoms with Gasteiger partial charge in [0.25, 0.3) is 0 Å². The SMILES string of the molecule is CCCOC(=O)Cn1c(=O)oc2cc(S(=O)(=O)NC3CCCCC3)ccc21. The second-order valence-electron chi connectivity index (χ2n) is 6.76. The molecule has 0 amide bonds. The summed E-state index contributed by atoms with van der Waals surface area (Å²) in [7, 11) is -3.70. The average molecular weight is 396 g/mol. The second kappa shape index (κ2) is 8.26. The summed E-state index contributed by atoms with van der Waals surface area (Å²) >= 11 is 0. The number of esters is 1. The van der Waals surface area contributed by atoms with E-state index in [9.17, 15) is 18.0 Å². The Morgan fingerprint density at radius 1 is 1.30 bits per heavy atom. The zero-order valence-corrected chi connectivity index (χ0v) is 16.1. The number of carbonyl (C=O) groups excluding carboxylic acids is 1. The number of aromatic nitrogens is 1. The molecule has 0 atom stereocenters. The molecule has 0 aliphatic heterocycles. The van der Waals surface area contributed by atoms with Crippen LogP contribution in [0.15, 0.2) is 32.3 Å². The van der Waals surface area contributed by atoms with E-state index in [1.165, 1.54) is 18.2 Å². The molecule has 3 rings (SSSR count). The van der Waals surface area contributed by atoms with E-state index < -0.39 is 21.7 Å². The third kappa shape index (κ3) is 4.59. The highest BCUT2D eigenvalue weighted by Gasteiger charge is 2.23. The van der Waals surface area contributed by atoms with Crippen LogP contribution in [-0.4, -0.2) is 31.6 Å². The van der Waals surface area contributed by atoms with E-state index in [2.05, 4.69) is 4.72 Å². The molecule has 0 spiro atoms. The van der Waals surface area contributed by atoms with Crippen molar-refractivity contribution in [2.45, 2.75) is 62.9 Å². The Labute approximate surface area is 157 Å². The third-order valence-corrected chi connectivity index (χ3v) is 6.15. The van der Waals surface area contributed by atoms with Gasteiger partial charge in [-0.05, 0) is 31.4 Å². The van der Waals surface area contributed by atoms with Gasteiger partial charge in [0.05, 0.1) is 17.0 Å². The fourth-order valence-corrected chi connectivity index (χ4v) is 4.58. The highest BCUT2D eigenvalue weighted by Crippen LogP contribution is 2.22. The van der Waals surface area contributed by atoms with Gasteiger partial charge in [0.15, 0.2) is 5.58 Å². The number of ether oxygens (including phenoxy) is 1. The summed E-state index contributed by atoms with van der Waals surface area (Å²) in [6.45, 7) is 1.87. The van der Waals surface area contributed by atoms with Crippen LogP contribution in [0.1, 0.15) is 45.4 Å². The van der Waals surface area contributed by atoms with Crippen molar-refractivity contribution in [3.63, 3.8) is 0 Å². The van der Waals surface area contributed by atoms with E-state index in [1.54, 1.807) is 0 Å². The molecule has 1 fully saturated rings. The van der Waals surface area contributed by atoms with Crippen molar-refractivity contribution in [2.24, 2.45) is 0 Å². The van der Waals surface area contributed by atoms with Gasteiger partial charge in [0.1, 0.15) is 6.54 Å². The Morgan fingerprint density at radius 3 is 2.74 bits per heavy atom. The summed E-state index contributed by atoms with van der Waals surface area (Å²) < 4.78 is 39.2. The molecule has 1 aliphatic carbocycles. The van der Waals surface area contributed by atoms with E-state index in [0.717, 1.165) is 36.7 Å². The number of rotatable bonds is 7. The minimum absolute atomic E-state index is 0.0371. The van der Waals surface area contributed by atoms with E-state index in [0.29, 0.717) is 11.9 Å². The summed E-state index contributed by atoms with van der Waals surface area (Å²) in [5.74, 6) is -1.27. The van der Waals surface area contributed by atoms with Gasteiger partial charge in [-0.3, -0.25) is 9.36 Å². The number of benzene rings is 1. The predicted octanol–water partition coefficient (Wildman–Crippen LogP) is 2.16. The molecule has 148 valence electrons. The Morgan fingerprint density at radius 2 is 2.04 bits per heavy atom. The average Bonchev–Trinajstić information content (AvgIpc) is 2.95. The molecule has 0 unspecified atom stereocenters. The first kappa shape index (κ1) is 19.6. The van der Waals surface area contributed by atoms with Crippen LogP contribution in [0.5, 0.6) is 0 Å². The maximum atomic E-state index is 12.6. The van der Waals surface area contributed by atoms with Crippen molar-refractivity contribution in [1.29, 1.82) is 0 Å². The standard InChI is InChI=1S/C18H24N2O6S/c1-2-10-25-17(21)12-20-15-9-8-14(11-16(15)26-18(20)22)27(23,24)19-13-6-4-3-5-7-13/h8-9,11,13,19H,2-7,10,12H2,1H3. The number of nitrogens with one attached hydrogen (secondary N) is 1. The lowest BCUT2D eigenvalue weighted by atomic mass is 9.96. The summed E-state index contributed by atoms with van der Waals surface area (Å²) in [4.78, 5) is 23.9. The first-order valence-corrected chi connectivity index (χ1v) is 10.7. The highest BCUT2D eigenvalue weighted by atomic mass is 32.2. The molecule has 0 radical (unpaired) electrons. The number of hydrogen-bond donors (Lipinski definition) is 1. The second-order valence-corrected chi connectivity index (χ2v) is 8.47. The topological polar surface area (TPSA) is 108 Å². The fraction of sp³-hybridized carbons (Fsp3) is 0.556. The molecule has 1 heterocycles. The van der Waals surface area contributed by atoms with Crippen molar-refractivity contribution in [2.75, 3.05) is 6.61 Å². The molecule has 1 aliphatic rings. The Balaban J connectivity index is 1.83. The van der Waals surface area contributed by atoms with Crippen molar-refractivity contribution < 1.29 is 22.4 Å². The number of oxazole rings is 1. The zero-order valence-electron chi connectivity index (χ0n) is 15.3. The minimum Gasteiger partial charge on any atom is -0.464 e. The molecule has 1 N–H and O–H groups in total. The highest BCUT2D eigenvalue weighted by molar-refractivity contribution is 7.89. The van der Waals surface area contributed by atoms with E-state index >= 15 is 0 Å². The van der Waals surface area contributed by atoms with Crippen molar-refractivity contribution in [3.8, 4) is 0 Å². The zero-order chi connectivity index (χ0) is 19.4. The third-order valence-electron chi connectivity index (χ3n) is 4.63. The quantitative estimate of drug-likeness (QED) is 0.719. The summed E-state index contributed by atoms with van der Waals surface area (Å²) in [6, 6.07) is 4.14. The number of hydrogen-bond acceptors (Lipinski definition) is 6. The molecule has 1 aromatic carbocycles. The van der Waals surface area contributed by atoms with Gasteiger partial charge in [-0.1, -0.05) is 26.2 Å². The predicted molar refractivity (Wildman–Crippen MR) is 98.9 cm³/mol. The van der Waals surface area contributed by atoms with Gasteiger partial charge in [0, 0.05) is 12.1 Å². The molecule has 9 heteroatoms. The van der Waals surface area contributed by atoms with Gasteiger partial charge in [-0.25, -0.2) is 17.9 Å². The maximum Gasteiger partial charge on any atom is 0.420 e. The van der Waals surface area contributed by atoms with E-state index in [1.807, 2.05) is 6.92 Å². The van der Waals surface area contributed by atoms with Gasteiger partial charge < -0.3 is 9.15 Å². The molecule has 1 aromatic heterocycles. The lowest BCUT2D eigenvalue weighted by Crippen LogP contribution is -2.36. The molecule has 0 saturated heterocycles. The largest absolute Gasteiger partial charge is 0.464 e. The van der Waals surface area contributed by atoms with Crippen molar-refractivity contribution in [3.05, 3.63) is 28.7 Å². The maximum absolute atomic E-state index is 12.6. The van der Waals surface area contributed by atoms with Crippen LogP contribution in [-0.2, 0) is 26.1 Å². The minimum atomic E-state index is -3.70. The molecule has 8 nitrogen and oxygen atoms in total.